The number of hydrogen-bond donors (Lipinski definition) is 0. The predicted octanol–water partition coefficient (Wildman–Crippen LogP) is 3.58. The lowest BCUT2D eigenvalue weighted by Gasteiger charge is -2.04. The summed E-state index contributed by atoms with van der Waals surface area (Å²) in [5, 5.41) is 10.5. The van der Waals surface area contributed by atoms with Crippen molar-refractivity contribution in [2.45, 2.75) is 11.8 Å². The molecule has 4 nitrogen and oxygen atoms in total. The van der Waals surface area contributed by atoms with E-state index < -0.39 is 22.9 Å². The number of nitro groups is 1. The first-order valence-electron chi connectivity index (χ1n) is 3.65. The van der Waals surface area contributed by atoms with E-state index in [1.165, 1.54) is 0 Å². The molecule has 8 heteroatoms. The van der Waals surface area contributed by atoms with Crippen molar-refractivity contribution in [2.75, 3.05) is 0 Å². The molecule has 0 aliphatic rings. The number of halogens is 4. The lowest BCUT2D eigenvalue weighted by molar-refractivity contribution is -0.389. The fourth-order valence-electron chi connectivity index (χ4n) is 0.952. The van der Waals surface area contributed by atoms with Crippen LogP contribution in [-0.4, -0.2) is 9.91 Å². The zero-order valence-electron chi connectivity index (χ0n) is 7.08. The van der Waals surface area contributed by atoms with Gasteiger partial charge in [0.05, 0.1) is 6.07 Å². The molecule has 0 amide bonds. The number of alkyl halides is 3. The molecule has 1 aromatic rings. The molecule has 0 saturated carbocycles. The molecule has 1 aromatic heterocycles. The topological polar surface area (TPSA) is 56.0 Å². The maximum absolute atomic E-state index is 12.5. The van der Waals surface area contributed by atoms with Crippen LogP contribution in [0.15, 0.2) is 10.5 Å². The summed E-state index contributed by atoms with van der Waals surface area (Å²) in [6, 6.07) is 1.10. The summed E-state index contributed by atoms with van der Waals surface area (Å²) in [5.74, 6) is -0.595. The zero-order valence-corrected chi connectivity index (χ0v) is 10.3. The van der Waals surface area contributed by atoms with Gasteiger partial charge in [0.2, 0.25) is 5.69 Å². The Hall–Kier alpha value is -0.630. The minimum atomic E-state index is -2.84. The minimum absolute atomic E-state index is 0.151. The highest BCUT2D eigenvalue weighted by molar-refractivity contribution is 9.10. The molecule has 0 fully saturated rings. The van der Waals surface area contributed by atoms with Gasteiger partial charge in [-0.25, -0.2) is 8.78 Å². The van der Waals surface area contributed by atoms with E-state index in [9.17, 15) is 18.9 Å². The van der Waals surface area contributed by atoms with E-state index >= 15 is 0 Å². The van der Waals surface area contributed by atoms with Crippen molar-refractivity contribution in [3.63, 3.8) is 0 Å². The van der Waals surface area contributed by atoms with Crippen LogP contribution in [-0.2, 0) is 5.33 Å². The molecular formula is C7H4Br2F2N2O2. The second kappa shape index (κ2) is 4.93. The quantitative estimate of drug-likeness (QED) is 0.478. The molecule has 0 aromatic carbocycles. The molecule has 0 aliphatic heterocycles. The van der Waals surface area contributed by atoms with Gasteiger partial charge in [0.15, 0.2) is 0 Å². The van der Waals surface area contributed by atoms with Gasteiger partial charge in [0, 0.05) is 15.4 Å². The SMILES string of the molecule is O=[N+]([O-])c1cc(Br)c(CBr)c(C(F)F)n1. The Morgan fingerprint density at radius 2 is 2.20 bits per heavy atom. The van der Waals surface area contributed by atoms with E-state index in [2.05, 4.69) is 36.8 Å². The molecule has 0 atom stereocenters. The Balaban J connectivity index is 3.38. The third-order valence-electron chi connectivity index (χ3n) is 1.62. The molecule has 1 rings (SSSR count). The van der Waals surface area contributed by atoms with Crippen molar-refractivity contribution in [3.05, 3.63) is 31.9 Å². The van der Waals surface area contributed by atoms with E-state index in [1.54, 1.807) is 0 Å². The van der Waals surface area contributed by atoms with Crippen LogP contribution in [0.1, 0.15) is 17.7 Å². The Morgan fingerprint density at radius 1 is 1.60 bits per heavy atom. The number of pyridine rings is 1. The summed E-state index contributed by atoms with van der Waals surface area (Å²) in [6.45, 7) is 0. The zero-order chi connectivity index (χ0) is 11.6. The Labute approximate surface area is 100 Å². The molecule has 0 spiro atoms. The van der Waals surface area contributed by atoms with E-state index in [0.29, 0.717) is 0 Å². The Bertz CT molecular complexity index is 401. The molecule has 0 unspecified atom stereocenters. The maximum Gasteiger partial charge on any atom is 0.365 e. The molecule has 1 heterocycles. The van der Waals surface area contributed by atoms with Crippen LogP contribution in [0.5, 0.6) is 0 Å². The number of hydrogen-bond acceptors (Lipinski definition) is 3. The van der Waals surface area contributed by atoms with E-state index in [4.69, 9.17) is 0 Å². The van der Waals surface area contributed by atoms with Crippen LogP contribution in [0.3, 0.4) is 0 Å². The number of rotatable bonds is 3. The highest BCUT2D eigenvalue weighted by Gasteiger charge is 2.25. The van der Waals surface area contributed by atoms with E-state index in [-0.39, 0.29) is 15.4 Å². The highest BCUT2D eigenvalue weighted by Crippen LogP contribution is 2.31. The van der Waals surface area contributed by atoms with Crippen LogP contribution in [0.4, 0.5) is 14.6 Å². The Morgan fingerprint density at radius 3 is 2.60 bits per heavy atom. The fourth-order valence-corrected chi connectivity index (χ4v) is 2.47. The smallest absolute Gasteiger partial charge is 0.358 e. The lowest BCUT2D eigenvalue weighted by atomic mass is 10.2. The van der Waals surface area contributed by atoms with Gasteiger partial charge in [-0.15, -0.1) is 0 Å². The van der Waals surface area contributed by atoms with Gasteiger partial charge in [-0.2, -0.15) is 0 Å². The second-order valence-corrected chi connectivity index (χ2v) is 3.93. The van der Waals surface area contributed by atoms with Crippen molar-refractivity contribution in [1.29, 1.82) is 0 Å². The van der Waals surface area contributed by atoms with Gasteiger partial charge < -0.3 is 10.1 Å². The molecule has 0 bridgehead atoms. The molecule has 82 valence electrons. The fraction of sp³-hybridized carbons (Fsp3) is 0.286. The van der Waals surface area contributed by atoms with E-state index in [1.807, 2.05) is 0 Å². The first kappa shape index (κ1) is 12.4. The summed E-state index contributed by atoms with van der Waals surface area (Å²) in [7, 11) is 0. The van der Waals surface area contributed by atoms with Gasteiger partial charge in [0.25, 0.3) is 0 Å². The predicted molar refractivity (Wildman–Crippen MR) is 56.2 cm³/mol. The van der Waals surface area contributed by atoms with Crippen LogP contribution >= 0.6 is 31.9 Å². The third kappa shape index (κ3) is 2.69. The summed E-state index contributed by atoms with van der Waals surface area (Å²) in [4.78, 5) is 12.9. The standard InChI is InChI=1S/C7H4Br2F2N2O2/c8-2-3-4(9)1-5(13(14)15)12-6(3)7(10)11/h1,7H,2H2. The largest absolute Gasteiger partial charge is 0.365 e. The summed E-state index contributed by atoms with van der Waals surface area (Å²) < 4.78 is 25.3. The van der Waals surface area contributed by atoms with Gasteiger partial charge in [-0.05, 0) is 9.91 Å². The normalized spacial score (nSPS) is 10.7. The summed E-state index contributed by atoms with van der Waals surface area (Å²) >= 11 is 6.00. The average Bonchev–Trinajstić information content (AvgIpc) is 2.16. The first-order valence-corrected chi connectivity index (χ1v) is 5.56. The molecule has 15 heavy (non-hydrogen) atoms. The van der Waals surface area contributed by atoms with Crippen LogP contribution in [0.2, 0.25) is 0 Å². The van der Waals surface area contributed by atoms with Gasteiger partial charge >= 0.3 is 12.2 Å². The molecule has 0 aliphatic carbocycles. The molecule has 0 N–H and O–H groups in total. The van der Waals surface area contributed by atoms with Crippen molar-refractivity contribution in [1.82, 2.24) is 4.98 Å². The van der Waals surface area contributed by atoms with Crippen molar-refractivity contribution in [3.8, 4) is 0 Å². The molecular weight excluding hydrogens is 342 g/mol. The minimum Gasteiger partial charge on any atom is -0.358 e. The van der Waals surface area contributed by atoms with Crippen LogP contribution in [0.25, 0.3) is 0 Å². The van der Waals surface area contributed by atoms with Gasteiger partial charge in [-0.1, -0.05) is 31.9 Å². The number of aromatic nitrogens is 1. The Kier molecular flexibility index (Phi) is 4.09. The summed E-state index contributed by atoms with van der Waals surface area (Å²) in [6.07, 6.45) is -2.84. The molecule has 0 radical (unpaired) electrons. The highest BCUT2D eigenvalue weighted by atomic mass is 79.9. The summed E-state index contributed by atoms with van der Waals surface area (Å²) in [5.41, 5.74) is -0.358. The lowest BCUT2D eigenvalue weighted by Crippen LogP contribution is -2.02. The third-order valence-corrected chi connectivity index (χ3v) is 2.88. The second-order valence-electron chi connectivity index (χ2n) is 2.52. The maximum atomic E-state index is 12.5. The van der Waals surface area contributed by atoms with Crippen molar-refractivity contribution < 1.29 is 13.7 Å². The van der Waals surface area contributed by atoms with Gasteiger partial charge in [-0.3, -0.25) is 0 Å². The van der Waals surface area contributed by atoms with Gasteiger partial charge in [0.1, 0.15) is 0 Å². The van der Waals surface area contributed by atoms with Crippen molar-refractivity contribution >= 4 is 37.7 Å². The number of nitrogens with zero attached hydrogens (tertiary/aromatic N) is 2. The van der Waals surface area contributed by atoms with Crippen LogP contribution in [0, 0.1) is 10.1 Å². The average molecular weight is 346 g/mol. The van der Waals surface area contributed by atoms with Crippen molar-refractivity contribution in [2.24, 2.45) is 0 Å². The monoisotopic (exact) mass is 344 g/mol. The first-order chi connectivity index (χ1) is 6.97. The van der Waals surface area contributed by atoms with Crippen LogP contribution < -0.4 is 0 Å². The van der Waals surface area contributed by atoms with E-state index in [0.717, 1.165) is 6.07 Å². The molecule has 0 saturated heterocycles.